The summed E-state index contributed by atoms with van der Waals surface area (Å²) in [6.45, 7) is 6.60. The van der Waals surface area contributed by atoms with Crippen LogP contribution in [-0.4, -0.2) is 19.3 Å². The van der Waals surface area contributed by atoms with E-state index >= 15 is 0 Å². The molecule has 12 heavy (non-hydrogen) atoms. The summed E-state index contributed by atoms with van der Waals surface area (Å²) in [4.78, 5) is 0. The molecule has 0 aromatic rings. The molecule has 0 saturated heterocycles. The van der Waals surface area contributed by atoms with E-state index in [1.165, 1.54) is 0 Å². The van der Waals surface area contributed by atoms with Crippen molar-refractivity contribution in [3.8, 4) is 0 Å². The molecule has 0 amide bonds. The molecule has 0 aliphatic heterocycles. The van der Waals surface area contributed by atoms with E-state index in [1.54, 1.807) is 7.11 Å². The summed E-state index contributed by atoms with van der Waals surface area (Å²) in [6, 6.07) is 0.331. The summed E-state index contributed by atoms with van der Waals surface area (Å²) in [5.41, 5.74) is 6.37. The third kappa shape index (κ3) is 1.01. The van der Waals surface area contributed by atoms with Crippen LogP contribution in [0.5, 0.6) is 0 Å². The molecule has 1 saturated carbocycles. The van der Waals surface area contributed by atoms with Gasteiger partial charge in [-0.15, -0.1) is 0 Å². The number of hydrogen-bond acceptors (Lipinski definition) is 2. The van der Waals surface area contributed by atoms with E-state index in [0.717, 1.165) is 12.8 Å². The first-order chi connectivity index (χ1) is 5.64. The molecule has 72 valence electrons. The van der Waals surface area contributed by atoms with Gasteiger partial charge in [-0.25, -0.2) is 0 Å². The van der Waals surface area contributed by atoms with Gasteiger partial charge in [0, 0.05) is 18.6 Å². The molecule has 1 aliphatic carbocycles. The monoisotopic (exact) mass is 171 g/mol. The van der Waals surface area contributed by atoms with Gasteiger partial charge in [-0.1, -0.05) is 20.8 Å². The summed E-state index contributed by atoms with van der Waals surface area (Å²) < 4.78 is 5.49. The summed E-state index contributed by atoms with van der Waals surface area (Å²) in [5.74, 6) is 0.523. The summed E-state index contributed by atoms with van der Waals surface area (Å²) in [6.07, 6.45) is 2.64. The van der Waals surface area contributed by atoms with Crippen molar-refractivity contribution < 1.29 is 4.74 Å². The van der Waals surface area contributed by atoms with Gasteiger partial charge in [0.25, 0.3) is 0 Å². The topological polar surface area (TPSA) is 35.2 Å². The maximum Gasteiger partial charge on any atom is 0.0682 e. The predicted molar refractivity (Wildman–Crippen MR) is 51.0 cm³/mol. The molecule has 0 aromatic heterocycles. The Hall–Kier alpha value is -0.0800. The van der Waals surface area contributed by atoms with Gasteiger partial charge in [0.15, 0.2) is 0 Å². The number of methoxy groups -OCH3 is 1. The molecule has 3 unspecified atom stereocenters. The lowest BCUT2D eigenvalue weighted by Gasteiger charge is -2.58. The molecule has 1 aliphatic rings. The van der Waals surface area contributed by atoms with Crippen LogP contribution in [0.2, 0.25) is 0 Å². The van der Waals surface area contributed by atoms with Crippen LogP contribution in [0.25, 0.3) is 0 Å². The second-order valence-electron chi connectivity index (χ2n) is 3.98. The molecule has 2 nitrogen and oxygen atoms in total. The molecular weight excluding hydrogens is 150 g/mol. The molecule has 0 bridgehead atoms. The largest absolute Gasteiger partial charge is 0.380 e. The highest BCUT2D eigenvalue weighted by Crippen LogP contribution is 2.50. The quantitative estimate of drug-likeness (QED) is 0.702. The highest BCUT2D eigenvalue weighted by molar-refractivity contribution is 5.09. The van der Waals surface area contributed by atoms with Gasteiger partial charge in [0.2, 0.25) is 0 Å². The highest BCUT2D eigenvalue weighted by Gasteiger charge is 2.56. The van der Waals surface area contributed by atoms with E-state index in [9.17, 15) is 0 Å². The molecule has 1 fully saturated rings. The molecule has 1 rings (SSSR count). The fraction of sp³-hybridized carbons (Fsp3) is 1.00. The molecule has 3 atom stereocenters. The minimum atomic E-state index is 0.258. The Labute approximate surface area is 75.5 Å². The lowest BCUT2D eigenvalue weighted by Crippen LogP contribution is -2.67. The third-order valence-electron chi connectivity index (χ3n) is 3.84. The van der Waals surface area contributed by atoms with Crippen molar-refractivity contribution in [3.05, 3.63) is 0 Å². The van der Waals surface area contributed by atoms with Crippen LogP contribution >= 0.6 is 0 Å². The fourth-order valence-corrected chi connectivity index (χ4v) is 2.88. The normalized spacial score (nSPS) is 39.2. The molecular formula is C10H21NO. The Balaban J connectivity index is 2.74. The van der Waals surface area contributed by atoms with E-state index in [1.807, 2.05) is 0 Å². The van der Waals surface area contributed by atoms with Crippen molar-refractivity contribution in [2.24, 2.45) is 17.1 Å². The van der Waals surface area contributed by atoms with Crippen LogP contribution in [-0.2, 0) is 4.74 Å². The summed E-state index contributed by atoms with van der Waals surface area (Å²) in [7, 11) is 1.80. The van der Waals surface area contributed by atoms with Crippen LogP contribution in [0, 0.1) is 11.3 Å². The molecule has 0 radical (unpaired) electrons. The summed E-state index contributed by atoms with van der Waals surface area (Å²) in [5, 5.41) is 0. The second-order valence-corrected chi connectivity index (χ2v) is 3.98. The molecule has 2 heteroatoms. The maximum absolute atomic E-state index is 6.11. The standard InChI is InChI=1S/C10H21NO/c1-5-10(6-2)8(11)7(3)9(10)12-4/h7-9H,5-6,11H2,1-4H3. The Morgan fingerprint density at radius 1 is 1.33 bits per heavy atom. The number of nitrogens with two attached hydrogens (primary N) is 1. The molecule has 0 spiro atoms. The van der Waals surface area contributed by atoms with Gasteiger partial charge in [-0.05, 0) is 18.8 Å². The average Bonchev–Trinajstić information content (AvgIpc) is 2.12. The minimum Gasteiger partial charge on any atom is -0.380 e. The number of ether oxygens (including phenoxy) is 1. The van der Waals surface area contributed by atoms with E-state index in [2.05, 4.69) is 20.8 Å². The van der Waals surface area contributed by atoms with Crippen molar-refractivity contribution in [2.45, 2.75) is 45.8 Å². The van der Waals surface area contributed by atoms with E-state index in [-0.39, 0.29) is 5.41 Å². The van der Waals surface area contributed by atoms with E-state index in [0.29, 0.717) is 18.1 Å². The van der Waals surface area contributed by atoms with Crippen LogP contribution in [0.1, 0.15) is 33.6 Å². The third-order valence-corrected chi connectivity index (χ3v) is 3.84. The van der Waals surface area contributed by atoms with E-state index < -0.39 is 0 Å². The van der Waals surface area contributed by atoms with Crippen molar-refractivity contribution in [1.29, 1.82) is 0 Å². The van der Waals surface area contributed by atoms with Gasteiger partial charge < -0.3 is 10.5 Å². The van der Waals surface area contributed by atoms with Crippen LogP contribution in [0.3, 0.4) is 0 Å². The minimum absolute atomic E-state index is 0.258. The Kier molecular flexibility index (Phi) is 2.79. The number of rotatable bonds is 3. The summed E-state index contributed by atoms with van der Waals surface area (Å²) >= 11 is 0. The smallest absolute Gasteiger partial charge is 0.0682 e. The van der Waals surface area contributed by atoms with Gasteiger partial charge in [-0.3, -0.25) is 0 Å². The first-order valence-electron chi connectivity index (χ1n) is 4.92. The Bertz CT molecular complexity index is 154. The van der Waals surface area contributed by atoms with Crippen molar-refractivity contribution in [3.63, 3.8) is 0 Å². The van der Waals surface area contributed by atoms with E-state index in [4.69, 9.17) is 10.5 Å². The van der Waals surface area contributed by atoms with Gasteiger partial charge in [0.1, 0.15) is 0 Å². The number of hydrogen-bond donors (Lipinski definition) is 1. The SMILES string of the molecule is CCC1(CC)C(N)C(C)C1OC. The first-order valence-corrected chi connectivity index (χ1v) is 4.92. The zero-order valence-corrected chi connectivity index (χ0v) is 8.63. The Morgan fingerprint density at radius 2 is 1.83 bits per heavy atom. The van der Waals surface area contributed by atoms with Crippen LogP contribution in [0.15, 0.2) is 0 Å². The Morgan fingerprint density at radius 3 is 2.08 bits per heavy atom. The molecule has 0 aromatic carbocycles. The average molecular weight is 171 g/mol. The van der Waals surface area contributed by atoms with Crippen molar-refractivity contribution in [1.82, 2.24) is 0 Å². The van der Waals surface area contributed by atoms with Gasteiger partial charge >= 0.3 is 0 Å². The van der Waals surface area contributed by atoms with Crippen molar-refractivity contribution in [2.75, 3.05) is 7.11 Å². The van der Waals surface area contributed by atoms with Gasteiger partial charge in [-0.2, -0.15) is 0 Å². The first kappa shape index (κ1) is 10.0. The van der Waals surface area contributed by atoms with Crippen LogP contribution < -0.4 is 5.73 Å². The lowest BCUT2D eigenvalue weighted by molar-refractivity contribution is -0.156. The maximum atomic E-state index is 6.11. The molecule has 2 N–H and O–H groups in total. The zero-order valence-electron chi connectivity index (χ0n) is 8.63. The zero-order chi connectivity index (χ0) is 9.35. The lowest BCUT2D eigenvalue weighted by atomic mass is 9.53. The predicted octanol–water partition coefficient (Wildman–Crippen LogP) is 1.78. The van der Waals surface area contributed by atoms with Crippen LogP contribution in [0.4, 0.5) is 0 Å². The molecule has 0 heterocycles. The second kappa shape index (κ2) is 3.35. The van der Waals surface area contributed by atoms with Crippen molar-refractivity contribution >= 4 is 0 Å². The highest BCUT2D eigenvalue weighted by atomic mass is 16.5. The van der Waals surface area contributed by atoms with Gasteiger partial charge in [0.05, 0.1) is 6.10 Å². The fourth-order valence-electron chi connectivity index (χ4n) is 2.88.